The van der Waals surface area contributed by atoms with Crippen molar-refractivity contribution >= 4 is 10.0 Å². The van der Waals surface area contributed by atoms with Crippen LogP contribution in [0.5, 0.6) is 0 Å². The Morgan fingerprint density at radius 1 is 1.42 bits per heavy atom. The van der Waals surface area contributed by atoms with Gasteiger partial charge in [-0.15, -0.1) is 10.2 Å². The highest BCUT2D eigenvalue weighted by molar-refractivity contribution is 7.89. The molecule has 0 aliphatic rings. The smallest absolute Gasteiger partial charge is 0.260 e. The molecule has 0 saturated carbocycles. The summed E-state index contributed by atoms with van der Waals surface area (Å²) in [7, 11) is -3.88. The second kappa shape index (κ2) is 5.03. The number of sulfonamides is 1. The molecule has 0 spiro atoms. The molecule has 0 fully saturated rings. The van der Waals surface area contributed by atoms with E-state index in [0.29, 0.717) is 5.69 Å². The molecule has 2 aromatic heterocycles. The molecule has 0 saturated heterocycles. The van der Waals surface area contributed by atoms with Crippen LogP contribution in [0, 0.1) is 6.92 Å². The molecule has 2 rings (SSSR count). The van der Waals surface area contributed by atoms with Crippen molar-refractivity contribution in [2.45, 2.75) is 31.5 Å². The molecule has 4 N–H and O–H groups in total. The van der Waals surface area contributed by atoms with Gasteiger partial charge in [-0.3, -0.25) is 5.10 Å². The number of aryl methyl sites for hydroxylation is 1. The molecule has 10 nitrogen and oxygen atoms in total. The normalized spacial score (nSPS) is 13.6. The number of aliphatic hydroxyl groups is 1. The first-order valence-corrected chi connectivity index (χ1v) is 6.84. The van der Waals surface area contributed by atoms with E-state index in [1.165, 1.54) is 0 Å². The molecular weight excluding hydrogens is 274 g/mol. The van der Waals surface area contributed by atoms with E-state index in [4.69, 9.17) is 0 Å². The van der Waals surface area contributed by atoms with Crippen LogP contribution in [0.4, 0.5) is 0 Å². The summed E-state index contributed by atoms with van der Waals surface area (Å²) in [4.78, 5) is 0. The van der Waals surface area contributed by atoms with Crippen molar-refractivity contribution in [1.29, 1.82) is 0 Å². The van der Waals surface area contributed by atoms with E-state index in [2.05, 4.69) is 35.5 Å². The Balaban J connectivity index is 2.28. The predicted molar refractivity (Wildman–Crippen MR) is 62.2 cm³/mol. The lowest BCUT2D eigenvalue weighted by molar-refractivity contribution is 0.277. The number of aromatic amines is 2. The highest BCUT2D eigenvalue weighted by atomic mass is 32.2. The van der Waals surface area contributed by atoms with E-state index in [1.54, 1.807) is 13.8 Å². The Hall–Kier alpha value is -1.85. The molecule has 2 aromatic rings. The van der Waals surface area contributed by atoms with Gasteiger partial charge in [0.2, 0.25) is 0 Å². The number of nitrogens with one attached hydrogen (secondary N) is 3. The number of hydrogen-bond acceptors (Lipinski definition) is 7. The Bertz CT molecular complexity index is 648. The number of tetrazole rings is 1. The van der Waals surface area contributed by atoms with E-state index >= 15 is 0 Å². The fraction of sp³-hybridized carbons (Fsp3) is 0.500. The van der Waals surface area contributed by atoms with E-state index in [-0.39, 0.29) is 16.4 Å². The lowest BCUT2D eigenvalue weighted by Gasteiger charge is -2.09. The lowest BCUT2D eigenvalue weighted by Crippen LogP contribution is -2.28. The molecule has 11 heteroatoms. The molecule has 0 aliphatic carbocycles. The number of aromatic nitrogens is 6. The van der Waals surface area contributed by atoms with Crippen molar-refractivity contribution in [3.05, 3.63) is 17.1 Å². The van der Waals surface area contributed by atoms with Crippen LogP contribution in [0.15, 0.2) is 5.03 Å². The minimum Gasteiger partial charge on any atom is -0.392 e. The summed E-state index contributed by atoms with van der Waals surface area (Å²) in [5.41, 5.74) is 0.725. The average Bonchev–Trinajstić information content (AvgIpc) is 2.96. The van der Waals surface area contributed by atoms with Crippen LogP contribution in [0.25, 0.3) is 0 Å². The first-order chi connectivity index (χ1) is 8.95. The Kier molecular flexibility index (Phi) is 3.59. The van der Waals surface area contributed by atoms with Crippen molar-refractivity contribution < 1.29 is 13.5 Å². The standard InChI is InChI=1S/C8H13N7O3S/c1-4-6(3-16)8(12-9-4)19(17,18)13-5(2)7-10-14-15-11-7/h5,13,16H,3H2,1-2H3,(H,9,12)(H,10,11,14,15). The SMILES string of the molecule is Cc1[nH]nc(S(=O)(=O)NC(C)c2nn[nH]n2)c1CO. The average molecular weight is 287 g/mol. The second-order valence-corrected chi connectivity index (χ2v) is 5.53. The van der Waals surface area contributed by atoms with Gasteiger partial charge < -0.3 is 5.11 Å². The summed E-state index contributed by atoms with van der Waals surface area (Å²) in [5.74, 6) is 0.210. The van der Waals surface area contributed by atoms with Crippen molar-refractivity contribution in [1.82, 2.24) is 35.5 Å². The Labute approximate surface area is 108 Å². The van der Waals surface area contributed by atoms with Gasteiger partial charge >= 0.3 is 0 Å². The first kappa shape index (κ1) is 13.6. The highest BCUT2D eigenvalue weighted by Gasteiger charge is 2.26. The van der Waals surface area contributed by atoms with Crippen LogP contribution in [-0.4, -0.2) is 44.3 Å². The fourth-order valence-electron chi connectivity index (χ4n) is 1.53. The minimum absolute atomic E-state index is 0.210. The lowest BCUT2D eigenvalue weighted by atomic mass is 10.3. The number of aliphatic hydroxyl groups excluding tert-OH is 1. The molecule has 1 unspecified atom stereocenters. The summed E-state index contributed by atoms with van der Waals surface area (Å²) in [6, 6.07) is -0.674. The monoisotopic (exact) mass is 287 g/mol. The van der Waals surface area contributed by atoms with Gasteiger partial charge in [-0.25, -0.2) is 8.42 Å². The maximum absolute atomic E-state index is 12.1. The van der Waals surface area contributed by atoms with Crippen molar-refractivity contribution in [3.63, 3.8) is 0 Å². The van der Waals surface area contributed by atoms with Crippen molar-refractivity contribution in [3.8, 4) is 0 Å². The summed E-state index contributed by atoms with van der Waals surface area (Å²) in [6.07, 6.45) is 0. The molecular formula is C8H13N7O3S. The molecule has 0 aliphatic heterocycles. The maximum atomic E-state index is 12.1. The van der Waals surface area contributed by atoms with Gasteiger partial charge in [-0.05, 0) is 13.8 Å². The van der Waals surface area contributed by atoms with Crippen LogP contribution >= 0.6 is 0 Å². The molecule has 0 aromatic carbocycles. The molecule has 2 heterocycles. The van der Waals surface area contributed by atoms with Gasteiger partial charge in [0, 0.05) is 11.3 Å². The number of rotatable bonds is 5. The summed E-state index contributed by atoms with van der Waals surface area (Å²) in [5, 5.41) is 28.1. The number of nitrogens with zero attached hydrogens (tertiary/aromatic N) is 4. The van der Waals surface area contributed by atoms with Crippen LogP contribution in [0.2, 0.25) is 0 Å². The third-order valence-electron chi connectivity index (χ3n) is 2.53. The summed E-state index contributed by atoms with van der Waals surface area (Å²) >= 11 is 0. The third kappa shape index (κ3) is 2.62. The molecule has 19 heavy (non-hydrogen) atoms. The molecule has 0 amide bonds. The van der Waals surface area contributed by atoms with Gasteiger partial charge in [-0.1, -0.05) is 5.21 Å². The van der Waals surface area contributed by atoms with Crippen LogP contribution in [-0.2, 0) is 16.6 Å². The first-order valence-electron chi connectivity index (χ1n) is 5.36. The summed E-state index contributed by atoms with van der Waals surface area (Å²) in [6.45, 7) is 2.77. The topological polar surface area (TPSA) is 150 Å². The fourth-order valence-corrected chi connectivity index (χ4v) is 2.92. The van der Waals surface area contributed by atoms with E-state index < -0.39 is 22.7 Å². The van der Waals surface area contributed by atoms with Gasteiger partial charge in [0.25, 0.3) is 10.0 Å². The zero-order valence-electron chi connectivity index (χ0n) is 10.2. The van der Waals surface area contributed by atoms with Crippen LogP contribution < -0.4 is 4.72 Å². The molecule has 1 atom stereocenters. The van der Waals surface area contributed by atoms with Gasteiger partial charge in [0.1, 0.15) is 0 Å². The van der Waals surface area contributed by atoms with E-state index in [1.807, 2.05) is 0 Å². The highest BCUT2D eigenvalue weighted by Crippen LogP contribution is 2.18. The zero-order chi connectivity index (χ0) is 14.0. The largest absolute Gasteiger partial charge is 0.392 e. The van der Waals surface area contributed by atoms with E-state index in [0.717, 1.165) is 0 Å². The number of H-pyrrole nitrogens is 2. The van der Waals surface area contributed by atoms with Gasteiger partial charge in [-0.2, -0.15) is 15.0 Å². The van der Waals surface area contributed by atoms with Gasteiger partial charge in [0.15, 0.2) is 10.9 Å². The van der Waals surface area contributed by atoms with Crippen molar-refractivity contribution in [2.75, 3.05) is 0 Å². The zero-order valence-corrected chi connectivity index (χ0v) is 11.1. The van der Waals surface area contributed by atoms with Gasteiger partial charge in [0.05, 0.1) is 12.6 Å². The Morgan fingerprint density at radius 3 is 2.74 bits per heavy atom. The molecule has 0 radical (unpaired) electrons. The molecule has 104 valence electrons. The van der Waals surface area contributed by atoms with E-state index in [9.17, 15) is 13.5 Å². The Morgan fingerprint density at radius 2 is 2.16 bits per heavy atom. The minimum atomic E-state index is -3.88. The van der Waals surface area contributed by atoms with Crippen LogP contribution in [0.1, 0.15) is 30.0 Å². The summed E-state index contributed by atoms with van der Waals surface area (Å²) < 4.78 is 26.6. The van der Waals surface area contributed by atoms with Crippen molar-refractivity contribution in [2.24, 2.45) is 0 Å². The number of hydrogen-bond donors (Lipinski definition) is 4. The second-order valence-electron chi connectivity index (χ2n) is 3.90. The van der Waals surface area contributed by atoms with Crippen LogP contribution in [0.3, 0.4) is 0 Å². The molecule has 0 bridgehead atoms. The predicted octanol–water partition coefficient (Wildman–Crippen LogP) is -1.24. The quantitative estimate of drug-likeness (QED) is 0.537. The third-order valence-corrected chi connectivity index (χ3v) is 4.04. The maximum Gasteiger partial charge on any atom is 0.260 e.